The maximum Gasteiger partial charge on any atom is 0.319 e. The Morgan fingerprint density at radius 3 is 2.24 bits per heavy atom. The number of ether oxygens (including phenoxy) is 2. The molecule has 46 heavy (non-hydrogen) atoms. The Kier molecular flexibility index (Phi) is 9.14. The van der Waals surface area contributed by atoms with Crippen LogP contribution in [0, 0.1) is 23.7 Å². The van der Waals surface area contributed by atoms with E-state index in [0.717, 1.165) is 84.6 Å². The van der Waals surface area contributed by atoms with Crippen molar-refractivity contribution in [3.8, 4) is 0 Å². The van der Waals surface area contributed by atoms with E-state index in [1.165, 1.54) is 19.3 Å². The molecule has 0 unspecified atom stereocenters. The molecule has 3 aromatic rings. The number of hydrogen-bond donors (Lipinski definition) is 3. The van der Waals surface area contributed by atoms with E-state index in [1.54, 1.807) is 0 Å². The van der Waals surface area contributed by atoms with Gasteiger partial charge in [-0.1, -0.05) is 49.4 Å². The molecule has 4 saturated carbocycles. The predicted molar refractivity (Wildman–Crippen MR) is 178 cm³/mol. The van der Waals surface area contributed by atoms with E-state index < -0.39 is 6.29 Å². The van der Waals surface area contributed by atoms with E-state index in [1.807, 2.05) is 66.9 Å². The molecule has 0 radical (unpaired) electrons. The molecule has 8 heteroatoms. The van der Waals surface area contributed by atoms with Crippen LogP contribution in [-0.4, -0.2) is 52.8 Å². The summed E-state index contributed by atoms with van der Waals surface area (Å²) in [7, 11) is 2.13. The fourth-order valence-electron chi connectivity index (χ4n) is 8.97. The van der Waals surface area contributed by atoms with Gasteiger partial charge in [-0.25, -0.2) is 4.79 Å². The molecule has 5 fully saturated rings. The first kappa shape index (κ1) is 31.3. The van der Waals surface area contributed by atoms with Gasteiger partial charge in [-0.3, -0.25) is 4.98 Å². The van der Waals surface area contributed by atoms with Crippen molar-refractivity contribution in [2.24, 2.45) is 23.7 Å². The number of pyridine rings is 1. The molecule has 2 heterocycles. The Bertz CT molecular complexity index is 1430. The number of aliphatic hydroxyl groups excluding tert-OH is 1. The van der Waals surface area contributed by atoms with Crippen molar-refractivity contribution >= 4 is 11.7 Å². The van der Waals surface area contributed by atoms with Gasteiger partial charge in [-0.15, -0.1) is 0 Å². The molecule has 244 valence electrons. The number of benzene rings is 2. The zero-order chi connectivity index (χ0) is 31.7. The first-order valence-corrected chi connectivity index (χ1v) is 17.1. The Hall–Kier alpha value is -3.30. The zero-order valence-electron chi connectivity index (χ0n) is 27.1. The standard InChI is InChI=1S/C38H48N4O4/c1-25-34(23-42(2)16-14-32-5-3-4-15-39-32)45-36(46-35(25)30-8-6-26(24-43)7-9-30)31-10-12-33(13-11-31)40-37(44)41-38-20-27-17-28(21-38)19-29(18-27)22-38/h3-13,15,25,27-29,34-36,43H,14,16-24H2,1-2H3,(H2,40,41,44)/t25-,27?,28?,29?,34+,35+,36+,38?/m1/s1. The van der Waals surface area contributed by atoms with Crippen LogP contribution in [0.2, 0.25) is 0 Å². The summed E-state index contributed by atoms with van der Waals surface area (Å²) < 4.78 is 13.3. The number of aliphatic hydroxyl groups is 1. The maximum absolute atomic E-state index is 13.2. The summed E-state index contributed by atoms with van der Waals surface area (Å²) in [5.41, 5.74) is 4.67. The largest absolute Gasteiger partial charge is 0.392 e. The molecular formula is C38H48N4O4. The third-order valence-corrected chi connectivity index (χ3v) is 10.9. The van der Waals surface area contributed by atoms with Crippen LogP contribution in [0.3, 0.4) is 0 Å². The van der Waals surface area contributed by atoms with Crippen LogP contribution in [-0.2, 0) is 22.5 Å². The lowest BCUT2D eigenvalue weighted by Crippen LogP contribution is -2.60. The van der Waals surface area contributed by atoms with Crippen LogP contribution in [0.4, 0.5) is 10.5 Å². The number of aromatic nitrogens is 1. The van der Waals surface area contributed by atoms with Crippen molar-refractivity contribution in [1.29, 1.82) is 0 Å². The smallest absolute Gasteiger partial charge is 0.319 e. The molecule has 5 aliphatic rings. The van der Waals surface area contributed by atoms with Gasteiger partial charge in [0.1, 0.15) is 0 Å². The Morgan fingerprint density at radius 1 is 0.935 bits per heavy atom. The summed E-state index contributed by atoms with van der Waals surface area (Å²) in [5, 5.41) is 16.1. The number of amides is 2. The fraction of sp³-hybridized carbons (Fsp3) is 0.526. The van der Waals surface area contributed by atoms with Crippen LogP contribution in [0.5, 0.6) is 0 Å². The van der Waals surface area contributed by atoms with Crippen LogP contribution in [0.15, 0.2) is 72.9 Å². The van der Waals surface area contributed by atoms with Gasteiger partial charge in [-0.05, 0) is 98.7 Å². The second-order valence-corrected chi connectivity index (χ2v) is 14.6. The predicted octanol–water partition coefficient (Wildman–Crippen LogP) is 6.63. The molecule has 4 aliphatic carbocycles. The molecule has 1 aliphatic heterocycles. The lowest BCUT2D eigenvalue weighted by atomic mass is 9.53. The van der Waals surface area contributed by atoms with E-state index in [0.29, 0.717) is 0 Å². The van der Waals surface area contributed by atoms with Gasteiger partial charge >= 0.3 is 6.03 Å². The first-order chi connectivity index (χ1) is 22.3. The average molecular weight is 625 g/mol. The molecule has 1 saturated heterocycles. The summed E-state index contributed by atoms with van der Waals surface area (Å²) in [4.78, 5) is 19.9. The monoisotopic (exact) mass is 624 g/mol. The van der Waals surface area contributed by atoms with Gasteiger partial charge in [-0.2, -0.15) is 0 Å². The number of hydrogen-bond acceptors (Lipinski definition) is 6. The summed E-state index contributed by atoms with van der Waals surface area (Å²) in [6, 6.07) is 21.8. The molecule has 8 nitrogen and oxygen atoms in total. The van der Waals surface area contributed by atoms with E-state index in [-0.39, 0.29) is 36.3 Å². The molecule has 0 spiro atoms. The maximum atomic E-state index is 13.2. The number of urea groups is 1. The summed E-state index contributed by atoms with van der Waals surface area (Å²) in [5.74, 6) is 2.45. The van der Waals surface area contributed by atoms with Crippen molar-refractivity contribution in [2.75, 3.05) is 25.5 Å². The van der Waals surface area contributed by atoms with Gasteiger partial charge in [0.15, 0.2) is 6.29 Å². The molecule has 3 N–H and O–H groups in total. The lowest BCUT2D eigenvalue weighted by molar-refractivity contribution is -0.275. The van der Waals surface area contributed by atoms with Crippen LogP contribution in [0.25, 0.3) is 0 Å². The summed E-state index contributed by atoms with van der Waals surface area (Å²) >= 11 is 0. The third-order valence-electron chi connectivity index (χ3n) is 10.9. The molecule has 1 aromatic heterocycles. The van der Waals surface area contributed by atoms with Gasteiger partial charge in [0, 0.05) is 54.1 Å². The summed E-state index contributed by atoms with van der Waals surface area (Å²) in [6.07, 6.45) is 9.35. The van der Waals surface area contributed by atoms with Gasteiger partial charge in [0.25, 0.3) is 0 Å². The molecule has 2 aromatic carbocycles. The topological polar surface area (TPSA) is 96.0 Å². The highest BCUT2D eigenvalue weighted by Gasteiger charge is 2.51. The number of carbonyl (C=O) groups is 1. The van der Waals surface area contributed by atoms with Gasteiger partial charge < -0.3 is 30.1 Å². The molecular weight excluding hydrogens is 576 g/mol. The first-order valence-electron chi connectivity index (χ1n) is 17.1. The molecule has 2 amide bonds. The van der Waals surface area contributed by atoms with Crippen molar-refractivity contribution < 1.29 is 19.4 Å². The quantitative estimate of drug-likeness (QED) is 0.234. The van der Waals surface area contributed by atoms with Gasteiger partial charge in [0.2, 0.25) is 0 Å². The Morgan fingerprint density at radius 2 is 1.61 bits per heavy atom. The van der Waals surface area contributed by atoms with Crippen molar-refractivity contribution in [3.63, 3.8) is 0 Å². The van der Waals surface area contributed by atoms with Crippen molar-refractivity contribution in [2.45, 2.75) is 82.5 Å². The van der Waals surface area contributed by atoms with Crippen molar-refractivity contribution in [3.05, 3.63) is 95.3 Å². The highest BCUT2D eigenvalue weighted by atomic mass is 16.7. The average Bonchev–Trinajstić information content (AvgIpc) is 3.05. The molecule has 4 atom stereocenters. The molecule has 4 bridgehead atoms. The second kappa shape index (κ2) is 13.4. The minimum Gasteiger partial charge on any atom is -0.392 e. The number of likely N-dealkylation sites (N-methyl/N-ethyl adjacent to an activating group) is 1. The Balaban J connectivity index is 1.02. The zero-order valence-corrected chi connectivity index (χ0v) is 27.1. The summed E-state index contributed by atoms with van der Waals surface area (Å²) in [6.45, 7) is 3.82. The van der Waals surface area contributed by atoms with E-state index in [9.17, 15) is 9.90 Å². The SMILES string of the molecule is C[C@@H]1[C@H](CN(C)CCc2ccccn2)O[C@H](c2ccc(NC(=O)NC34CC5CC(CC(C5)C3)C4)cc2)O[C@@H]1c1ccc(CO)cc1. The fourth-order valence-corrected chi connectivity index (χ4v) is 8.97. The van der Waals surface area contributed by atoms with E-state index in [4.69, 9.17) is 9.47 Å². The highest BCUT2D eigenvalue weighted by Crippen LogP contribution is 2.55. The highest BCUT2D eigenvalue weighted by molar-refractivity contribution is 5.89. The third kappa shape index (κ3) is 7.00. The minimum absolute atomic E-state index is 0.0116. The number of anilines is 1. The van der Waals surface area contributed by atoms with Crippen LogP contribution in [0.1, 0.15) is 80.2 Å². The van der Waals surface area contributed by atoms with Crippen LogP contribution >= 0.6 is 0 Å². The number of nitrogens with one attached hydrogen (secondary N) is 2. The van der Waals surface area contributed by atoms with Gasteiger partial charge in [0.05, 0.1) is 18.8 Å². The van der Waals surface area contributed by atoms with Crippen LogP contribution < -0.4 is 10.6 Å². The Labute approximate surface area is 272 Å². The number of carbonyl (C=O) groups excluding carboxylic acids is 1. The number of nitrogens with zero attached hydrogens (tertiary/aromatic N) is 2. The normalized spacial score (nSPS) is 31.6. The lowest BCUT2D eigenvalue weighted by Gasteiger charge is -2.56. The van der Waals surface area contributed by atoms with E-state index >= 15 is 0 Å². The number of rotatable bonds is 10. The van der Waals surface area contributed by atoms with E-state index in [2.05, 4.69) is 40.6 Å². The second-order valence-electron chi connectivity index (χ2n) is 14.6. The minimum atomic E-state index is -0.553. The van der Waals surface area contributed by atoms with Crippen molar-refractivity contribution in [1.82, 2.24) is 15.2 Å². The molecule has 8 rings (SSSR count).